The van der Waals surface area contributed by atoms with Gasteiger partial charge in [-0.05, 0) is 30.7 Å². The normalized spacial score (nSPS) is 10.9. The number of hydrogen-bond acceptors (Lipinski definition) is 5. The first-order chi connectivity index (χ1) is 13.5. The molecule has 0 aliphatic rings. The van der Waals surface area contributed by atoms with Crippen molar-refractivity contribution in [1.82, 2.24) is 5.32 Å². The zero-order chi connectivity index (χ0) is 20.4. The fourth-order valence-corrected chi connectivity index (χ4v) is 2.86. The van der Waals surface area contributed by atoms with E-state index in [1.54, 1.807) is 12.1 Å². The Labute approximate surface area is 174 Å². The Morgan fingerprint density at radius 1 is 1.00 bits per heavy atom. The molecule has 0 radical (unpaired) electrons. The number of hydrogen-bond donors (Lipinski definition) is 2. The summed E-state index contributed by atoms with van der Waals surface area (Å²) in [6.07, 6.45) is 0. The predicted molar refractivity (Wildman–Crippen MR) is 108 cm³/mol. The second kappa shape index (κ2) is 12.1. The van der Waals surface area contributed by atoms with Crippen LogP contribution in [-0.2, 0) is 17.9 Å². The lowest BCUT2D eigenvalue weighted by Gasteiger charge is -2.16. The van der Waals surface area contributed by atoms with Gasteiger partial charge in [0.1, 0.15) is 12.4 Å². The van der Waals surface area contributed by atoms with Gasteiger partial charge in [-0.25, -0.2) is 4.39 Å². The van der Waals surface area contributed by atoms with Crippen molar-refractivity contribution in [2.24, 2.45) is 0 Å². The van der Waals surface area contributed by atoms with Crippen molar-refractivity contribution in [3.05, 3.63) is 57.3 Å². The number of aliphatic hydroxyl groups is 1. The summed E-state index contributed by atoms with van der Waals surface area (Å²) in [6.45, 7) is 4.50. The second-order valence-electron chi connectivity index (χ2n) is 5.86. The molecule has 0 saturated heterocycles. The molecule has 0 unspecified atom stereocenters. The van der Waals surface area contributed by atoms with Crippen LogP contribution in [0.3, 0.4) is 0 Å². The molecular formula is C20H24Cl2FNO4. The van der Waals surface area contributed by atoms with Crippen LogP contribution in [0.15, 0.2) is 30.3 Å². The number of aliphatic hydroxyl groups excluding tert-OH is 1. The highest BCUT2D eigenvalue weighted by molar-refractivity contribution is 6.31. The molecular weight excluding hydrogens is 408 g/mol. The maximum atomic E-state index is 13.2. The van der Waals surface area contributed by atoms with E-state index in [0.717, 1.165) is 5.56 Å². The van der Waals surface area contributed by atoms with Crippen molar-refractivity contribution in [1.29, 1.82) is 0 Å². The van der Waals surface area contributed by atoms with Crippen molar-refractivity contribution in [3.63, 3.8) is 0 Å². The smallest absolute Gasteiger partial charge is 0.163 e. The van der Waals surface area contributed by atoms with Gasteiger partial charge in [-0.1, -0.05) is 29.3 Å². The topological polar surface area (TPSA) is 60.0 Å². The summed E-state index contributed by atoms with van der Waals surface area (Å²) in [5, 5.41) is 12.7. The molecule has 0 bridgehead atoms. The zero-order valence-electron chi connectivity index (χ0n) is 15.6. The Morgan fingerprint density at radius 2 is 1.75 bits per heavy atom. The van der Waals surface area contributed by atoms with Crippen LogP contribution in [0.5, 0.6) is 11.5 Å². The van der Waals surface area contributed by atoms with E-state index in [9.17, 15) is 4.39 Å². The molecule has 5 nitrogen and oxygen atoms in total. The van der Waals surface area contributed by atoms with Gasteiger partial charge in [0.2, 0.25) is 0 Å². The fraction of sp³-hybridized carbons (Fsp3) is 0.400. The minimum Gasteiger partial charge on any atom is -0.490 e. The summed E-state index contributed by atoms with van der Waals surface area (Å²) in [6, 6.07) is 7.69. The van der Waals surface area contributed by atoms with E-state index in [-0.39, 0.29) is 13.2 Å². The quantitative estimate of drug-likeness (QED) is 0.492. The van der Waals surface area contributed by atoms with Crippen molar-refractivity contribution in [3.8, 4) is 11.5 Å². The highest BCUT2D eigenvalue weighted by atomic mass is 35.5. The lowest BCUT2D eigenvalue weighted by molar-refractivity contribution is 0.0938. The lowest BCUT2D eigenvalue weighted by atomic mass is 10.2. The zero-order valence-corrected chi connectivity index (χ0v) is 17.2. The Hall–Kier alpha value is -1.57. The molecule has 0 heterocycles. The number of benzene rings is 2. The molecule has 2 aromatic rings. The van der Waals surface area contributed by atoms with Crippen molar-refractivity contribution in [2.75, 3.05) is 33.0 Å². The van der Waals surface area contributed by atoms with Crippen LogP contribution >= 0.6 is 23.2 Å². The maximum Gasteiger partial charge on any atom is 0.163 e. The van der Waals surface area contributed by atoms with E-state index in [1.165, 1.54) is 12.1 Å². The average Bonchev–Trinajstić information content (AvgIpc) is 2.66. The van der Waals surface area contributed by atoms with Crippen LogP contribution in [0.25, 0.3) is 0 Å². The van der Waals surface area contributed by atoms with E-state index in [2.05, 4.69) is 5.32 Å². The molecule has 28 heavy (non-hydrogen) atoms. The van der Waals surface area contributed by atoms with Crippen LogP contribution in [0, 0.1) is 5.82 Å². The molecule has 154 valence electrons. The maximum absolute atomic E-state index is 13.2. The molecule has 0 fully saturated rings. The number of halogens is 3. The van der Waals surface area contributed by atoms with Crippen molar-refractivity contribution in [2.45, 2.75) is 20.1 Å². The first-order valence-corrected chi connectivity index (χ1v) is 9.72. The number of rotatable bonds is 12. The fourth-order valence-electron chi connectivity index (χ4n) is 2.42. The van der Waals surface area contributed by atoms with Gasteiger partial charge in [-0.15, -0.1) is 0 Å². The molecule has 2 aromatic carbocycles. The van der Waals surface area contributed by atoms with E-state index in [0.29, 0.717) is 60.0 Å². The summed E-state index contributed by atoms with van der Waals surface area (Å²) >= 11 is 12.4. The first-order valence-electron chi connectivity index (χ1n) is 8.96. The second-order valence-corrected chi connectivity index (χ2v) is 6.67. The first kappa shape index (κ1) is 22.7. The molecule has 0 aromatic heterocycles. The van der Waals surface area contributed by atoms with Gasteiger partial charge >= 0.3 is 0 Å². The van der Waals surface area contributed by atoms with Gasteiger partial charge in [-0.2, -0.15) is 0 Å². The van der Waals surface area contributed by atoms with Crippen LogP contribution in [0.4, 0.5) is 4.39 Å². The third-order valence-corrected chi connectivity index (χ3v) is 4.49. The number of ether oxygens (including phenoxy) is 3. The Morgan fingerprint density at radius 3 is 2.46 bits per heavy atom. The molecule has 0 aliphatic heterocycles. The van der Waals surface area contributed by atoms with E-state index in [4.69, 9.17) is 42.5 Å². The molecule has 0 aliphatic carbocycles. The largest absolute Gasteiger partial charge is 0.490 e. The van der Waals surface area contributed by atoms with Gasteiger partial charge in [-0.3, -0.25) is 0 Å². The highest BCUT2D eigenvalue weighted by Gasteiger charge is 2.12. The van der Waals surface area contributed by atoms with Gasteiger partial charge in [0, 0.05) is 29.7 Å². The minimum absolute atomic E-state index is 0.00808. The molecule has 0 saturated carbocycles. The van der Waals surface area contributed by atoms with Crippen LogP contribution in [0.2, 0.25) is 10.0 Å². The molecule has 0 amide bonds. The Bertz CT molecular complexity index is 761. The van der Waals surface area contributed by atoms with Crippen molar-refractivity contribution >= 4 is 23.2 Å². The third-order valence-electron chi connectivity index (χ3n) is 3.79. The molecule has 8 heteroatoms. The van der Waals surface area contributed by atoms with Crippen LogP contribution in [-0.4, -0.2) is 38.1 Å². The summed E-state index contributed by atoms with van der Waals surface area (Å²) in [4.78, 5) is 0. The van der Waals surface area contributed by atoms with Gasteiger partial charge in [0.15, 0.2) is 11.5 Å². The molecule has 2 N–H and O–H groups in total. The summed E-state index contributed by atoms with van der Waals surface area (Å²) in [5.41, 5.74) is 1.52. The van der Waals surface area contributed by atoms with E-state index >= 15 is 0 Å². The summed E-state index contributed by atoms with van der Waals surface area (Å²) in [7, 11) is 0. The minimum atomic E-state index is -0.398. The van der Waals surface area contributed by atoms with Gasteiger partial charge < -0.3 is 24.6 Å². The van der Waals surface area contributed by atoms with Gasteiger partial charge in [0.05, 0.1) is 31.5 Å². The van der Waals surface area contributed by atoms with E-state index in [1.807, 2.05) is 13.0 Å². The average molecular weight is 432 g/mol. The van der Waals surface area contributed by atoms with E-state index < -0.39 is 5.82 Å². The SMILES string of the molecule is CCOc1cc(CNCCOCCO)c(Cl)cc1OCc1ccc(F)cc1Cl. The molecule has 2 rings (SSSR count). The lowest BCUT2D eigenvalue weighted by Crippen LogP contribution is -2.20. The summed E-state index contributed by atoms with van der Waals surface area (Å²) < 4.78 is 29.9. The van der Waals surface area contributed by atoms with Gasteiger partial charge in [0.25, 0.3) is 0 Å². The monoisotopic (exact) mass is 431 g/mol. The standard InChI is InChI=1S/C20H24Cl2FNO4/c1-2-27-19-9-15(12-24-5-7-26-8-6-25)18(22)11-20(19)28-13-14-3-4-16(23)10-17(14)21/h3-4,9-11,24-25H,2,5-8,12-13H2,1H3. The molecule has 0 spiro atoms. The molecule has 0 atom stereocenters. The Kier molecular flexibility index (Phi) is 9.81. The Balaban J connectivity index is 2.02. The van der Waals surface area contributed by atoms with Crippen molar-refractivity contribution < 1.29 is 23.7 Å². The summed E-state index contributed by atoms with van der Waals surface area (Å²) in [5.74, 6) is 0.658. The highest BCUT2D eigenvalue weighted by Crippen LogP contribution is 2.34. The predicted octanol–water partition coefficient (Wildman–Crippen LogP) is 4.21. The third kappa shape index (κ3) is 7.11. The number of nitrogens with one attached hydrogen (secondary N) is 1. The van der Waals surface area contributed by atoms with Crippen LogP contribution in [0.1, 0.15) is 18.1 Å². The van der Waals surface area contributed by atoms with Crippen LogP contribution < -0.4 is 14.8 Å².